The fraction of sp³-hybridized carbons (Fsp3) is 0.250. The Hall–Kier alpha value is -3.59. The third-order valence-electron chi connectivity index (χ3n) is 4.84. The van der Waals surface area contributed by atoms with E-state index in [4.69, 9.17) is 9.47 Å². The Morgan fingerprint density at radius 1 is 1.06 bits per heavy atom. The summed E-state index contributed by atoms with van der Waals surface area (Å²) in [7, 11) is 1.47. The van der Waals surface area contributed by atoms with E-state index in [1.54, 1.807) is 18.3 Å². The van der Waals surface area contributed by atoms with E-state index in [1.807, 2.05) is 31.2 Å². The highest BCUT2D eigenvalue weighted by Crippen LogP contribution is 2.34. The summed E-state index contributed by atoms with van der Waals surface area (Å²) in [4.78, 5) is 16.5. The predicted molar refractivity (Wildman–Crippen MR) is 118 cm³/mol. The Morgan fingerprint density at radius 3 is 2.52 bits per heavy atom. The monoisotopic (exact) mass is 459 g/mol. The zero-order chi connectivity index (χ0) is 23.8. The molecule has 1 atom stereocenters. The van der Waals surface area contributed by atoms with Gasteiger partial charge in [-0.3, -0.25) is 9.78 Å². The summed E-state index contributed by atoms with van der Waals surface area (Å²) >= 11 is 0. The van der Waals surface area contributed by atoms with Crippen LogP contribution in [0.1, 0.15) is 29.8 Å². The van der Waals surface area contributed by atoms with Gasteiger partial charge in [0.15, 0.2) is 18.1 Å². The number of ether oxygens (including phenoxy) is 2. The fourth-order valence-electron chi connectivity index (χ4n) is 3.12. The van der Waals surface area contributed by atoms with Crippen LogP contribution in [0.3, 0.4) is 0 Å². The van der Waals surface area contributed by atoms with Gasteiger partial charge in [0.05, 0.1) is 24.1 Å². The van der Waals surface area contributed by atoms with Crippen molar-refractivity contribution in [3.63, 3.8) is 0 Å². The van der Waals surface area contributed by atoms with Crippen molar-refractivity contribution in [1.82, 2.24) is 10.3 Å². The molecule has 0 aliphatic heterocycles. The van der Waals surface area contributed by atoms with Gasteiger partial charge in [-0.05, 0) is 48.9 Å². The van der Waals surface area contributed by atoms with Crippen LogP contribution in [-0.2, 0) is 17.5 Å². The average molecular weight is 459 g/mol. The Labute approximate surface area is 189 Å². The average Bonchev–Trinajstić information content (AvgIpc) is 2.81. The zero-order valence-corrected chi connectivity index (χ0v) is 18.1. The van der Waals surface area contributed by atoms with Crippen LogP contribution < -0.4 is 20.1 Å². The van der Waals surface area contributed by atoms with Gasteiger partial charge >= 0.3 is 6.18 Å². The molecule has 1 heterocycles. The maximum absolute atomic E-state index is 13.1. The molecule has 0 aliphatic carbocycles. The first-order valence-corrected chi connectivity index (χ1v) is 10.2. The second-order valence-corrected chi connectivity index (χ2v) is 7.22. The van der Waals surface area contributed by atoms with E-state index in [-0.39, 0.29) is 11.7 Å². The number of nitrogens with zero attached hydrogens (tertiary/aromatic N) is 1. The molecule has 1 amide bonds. The Morgan fingerprint density at radius 2 is 1.82 bits per heavy atom. The highest BCUT2D eigenvalue weighted by Gasteiger charge is 2.33. The van der Waals surface area contributed by atoms with Crippen molar-refractivity contribution >= 4 is 11.6 Å². The van der Waals surface area contributed by atoms with Gasteiger partial charge in [-0.25, -0.2) is 0 Å². The summed E-state index contributed by atoms with van der Waals surface area (Å²) in [6.45, 7) is 2.08. The lowest BCUT2D eigenvalue weighted by molar-refractivity contribution is -0.137. The minimum absolute atomic E-state index is 0.0383. The number of benzene rings is 2. The van der Waals surface area contributed by atoms with Crippen molar-refractivity contribution in [3.05, 3.63) is 83.7 Å². The van der Waals surface area contributed by atoms with Gasteiger partial charge in [-0.15, -0.1) is 0 Å². The molecule has 9 heteroatoms. The molecular weight excluding hydrogens is 435 g/mol. The summed E-state index contributed by atoms with van der Waals surface area (Å²) < 4.78 is 50.1. The lowest BCUT2D eigenvalue weighted by Crippen LogP contribution is -2.22. The molecule has 1 unspecified atom stereocenters. The Kier molecular flexibility index (Phi) is 7.89. The molecule has 2 N–H and O–H groups in total. The number of hydrogen-bond acceptors (Lipinski definition) is 5. The van der Waals surface area contributed by atoms with Crippen LogP contribution in [0.15, 0.2) is 66.9 Å². The van der Waals surface area contributed by atoms with Gasteiger partial charge in [-0.1, -0.05) is 24.3 Å². The van der Waals surface area contributed by atoms with Crippen LogP contribution in [0.25, 0.3) is 0 Å². The van der Waals surface area contributed by atoms with Crippen LogP contribution in [0.4, 0.5) is 18.9 Å². The van der Waals surface area contributed by atoms with E-state index in [2.05, 4.69) is 15.6 Å². The summed E-state index contributed by atoms with van der Waals surface area (Å²) in [5.41, 5.74) is 0.592. The third kappa shape index (κ3) is 6.69. The topological polar surface area (TPSA) is 72.5 Å². The smallest absolute Gasteiger partial charge is 0.418 e. The highest BCUT2D eigenvalue weighted by atomic mass is 19.4. The number of alkyl halides is 3. The molecule has 0 saturated heterocycles. The maximum atomic E-state index is 13.1. The van der Waals surface area contributed by atoms with Crippen molar-refractivity contribution in [2.45, 2.75) is 25.7 Å². The van der Waals surface area contributed by atoms with E-state index in [9.17, 15) is 18.0 Å². The van der Waals surface area contributed by atoms with Crippen LogP contribution >= 0.6 is 0 Å². The predicted octanol–water partition coefficient (Wildman–Crippen LogP) is 4.98. The molecule has 1 aromatic heterocycles. The molecule has 3 rings (SSSR count). The lowest BCUT2D eigenvalue weighted by Gasteiger charge is -2.16. The van der Waals surface area contributed by atoms with Crippen LogP contribution in [0, 0.1) is 0 Å². The fourth-order valence-corrected chi connectivity index (χ4v) is 3.12. The van der Waals surface area contributed by atoms with Crippen molar-refractivity contribution in [1.29, 1.82) is 0 Å². The number of aromatic nitrogens is 1. The molecule has 0 saturated carbocycles. The van der Waals surface area contributed by atoms with Crippen molar-refractivity contribution in [2.24, 2.45) is 0 Å². The normalized spacial score (nSPS) is 12.2. The number of carbonyl (C=O) groups is 1. The number of carbonyl (C=O) groups excluding carboxylic acids is 1. The SMILES string of the molecule is COc1cc(CNC(C)c2ccccn2)ccc1OCC(=O)Nc1ccccc1C(F)(F)F. The number of anilines is 1. The van der Waals surface area contributed by atoms with Crippen LogP contribution in [0.5, 0.6) is 11.5 Å². The number of rotatable bonds is 9. The lowest BCUT2D eigenvalue weighted by atomic mass is 10.1. The van der Waals surface area contributed by atoms with Crippen molar-refractivity contribution < 1.29 is 27.4 Å². The molecule has 174 valence electrons. The number of hydrogen-bond donors (Lipinski definition) is 2. The summed E-state index contributed by atoms with van der Waals surface area (Å²) in [5, 5.41) is 5.61. The Bertz CT molecular complexity index is 1080. The van der Waals surface area contributed by atoms with E-state index >= 15 is 0 Å². The molecule has 0 aliphatic rings. The van der Waals surface area contributed by atoms with Gasteiger partial charge in [0.25, 0.3) is 5.91 Å². The molecule has 3 aromatic rings. The number of para-hydroxylation sites is 1. The zero-order valence-electron chi connectivity index (χ0n) is 18.1. The third-order valence-corrected chi connectivity index (χ3v) is 4.84. The number of halogens is 3. The quantitative estimate of drug-likeness (QED) is 0.472. The second-order valence-electron chi connectivity index (χ2n) is 7.22. The molecule has 0 radical (unpaired) electrons. The summed E-state index contributed by atoms with van der Waals surface area (Å²) in [6.07, 6.45) is -2.84. The van der Waals surface area contributed by atoms with Crippen LogP contribution in [0.2, 0.25) is 0 Å². The first-order valence-electron chi connectivity index (χ1n) is 10.2. The van der Waals surface area contributed by atoms with E-state index in [0.717, 1.165) is 17.3 Å². The molecule has 0 spiro atoms. The molecular formula is C24H24F3N3O3. The molecule has 33 heavy (non-hydrogen) atoms. The first-order chi connectivity index (χ1) is 15.8. The number of amides is 1. The van der Waals surface area contributed by atoms with Crippen LogP contribution in [-0.4, -0.2) is 24.6 Å². The summed E-state index contributed by atoms with van der Waals surface area (Å²) in [5.74, 6) is -0.00903. The van der Waals surface area contributed by atoms with E-state index in [1.165, 1.54) is 25.3 Å². The van der Waals surface area contributed by atoms with Crippen molar-refractivity contribution in [3.8, 4) is 11.5 Å². The van der Waals surface area contributed by atoms with Gasteiger partial charge in [0.2, 0.25) is 0 Å². The number of nitrogens with one attached hydrogen (secondary N) is 2. The molecule has 0 fully saturated rings. The van der Waals surface area contributed by atoms with Gasteiger partial charge < -0.3 is 20.1 Å². The molecule has 2 aromatic carbocycles. The van der Waals surface area contributed by atoms with Gasteiger partial charge in [0.1, 0.15) is 0 Å². The van der Waals surface area contributed by atoms with Gasteiger partial charge in [-0.2, -0.15) is 13.2 Å². The maximum Gasteiger partial charge on any atom is 0.418 e. The largest absolute Gasteiger partial charge is 0.493 e. The molecule has 6 nitrogen and oxygen atoms in total. The molecule has 0 bridgehead atoms. The van der Waals surface area contributed by atoms with Gasteiger partial charge in [0, 0.05) is 18.8 Å². The number of pyridine rings is 1. The van der Waals surface area contributed by atoms with Crippen molar-refractivity contribution in [2.75, 3.05) is 19.0 Å². The number of methoxy groups -OCH3 is 1. The minimum Gasteiger partial charge on any atom is -0.493 e. The minimum atomic E-state index is -4.58. The van der Waals surface area contributed by atoms with E-state index < -0.39 is 24.3 Å². The summed E-state index contributed by atoms with van der Waals surface area (Å²) in [6, 6.07) is 15.8. The first kappa shape index (κ1) is 24.1. The Balaban J connectivity index is 1.59. The highest BCUT2D eigenvalue weighted by molar-refractivity contribution is 5.92. The standard InChI is InChI=1S/C24H24F3N3O3/c1-16(19-8-5-6-12-28-19)29-14-17-10-11-21(22(13-17)32-2)33-15-23(31)30-20-9-4-3-7-18(20)24(25,26)27/h3-13,16,29H,14-15H2,1-2H3,(H,30,31). The second kappa shape index (κ2) is 10.8. The van der Waals surface area contributed by atoms with E-state index in [0.29, 0.717) is 18.0 Å².